The summed E-state index contributed by atoms with van der Waals surface area (Å²) in [4.78, 5) is 2.15. The van der Waals surface area contributed by atoms with E-state index in [1.165, 1.54) is 0 Å². The van der Waals surface area contributed by atoms with E-state index in [1.54, 1.807) is 0 Å². The van der Waals surface area contributed by atoms with Gasteiger partial charge in [0.15, 0.2) is 0 Å². The molecule has 2 heterocycles. The number of ether oxygens (including phenoxy) is 1. The van der Waals surface area contributed by atoms with Gasteiger partial charge in [0.25, 0.3) is 0 Å². The van der Waals surface area contributed by atoms with Crippen LogP contribution in [0, 0.1) is 5.92 Å². The molecule has 20 heavy (non-hydrogen) atoms. The maximum Gasteiger partial charge on any atom is 0.318 e. The second-order valence-corrected chi connectivity index (χ2v) is 5.64. The predicted octanol–water partition coefficient (Wildman–Crippen LogP) is 1.82. The van der Waals surface area contributed by atoms with Crippen molar-refractivity contribution in [3.8, 4) is 0 Å². The average molecular weight is 282 g/mol. The molecule has 1 saturated heterocycles. The lowest BCUT2D eigenvalue weighted by atomic mass is 10.1. The summed E-state index contributed by atoms with van der Waals surface area (Å²) in [6, 6.07) is 0.640. The number of hydrogen-bond donors (Lipinski definition) is 1. The summed E-state index contributed by atoms with van der Waals surface area (Å²) in [5, 5.41) is 11.5. The summed E-state index contributed by atoms with van der Waals surface area (Å²) >= 11 is 0. The van der Waals surface area contributed by atoms with E-state index in [0.29, 0.717) is 30.5 Å². The maximum absolute atomic E-state index is 5.70. The third kappa shape index (κ3) is 4.45. The fourth-order valence-corrected chi connectivity index (χ4v) is 2.36. The van der Waals surface area contributed by atoms with Gasteiger partial charge in [0.2, 0.25) is 5.89 Å². The van der Waals surface area contributed by atoms with E-state index in [1.807, 2.05) is 6.92 Å². The van der Waals surface area contributed by atoms with Crippen LogP contribution in [0.2, 0.25) is 0 Å². The van der Waals surface area contributed by atoms with E-state index in [2.05, 4.69) is 34.3 Å². The van der Waals surface area contributed by atoms with E-state index in [0.717, 1.165) is 39.1 Å². The van der Waals surface area contributed by atoms with E-state index in [9.17, 15) is 0 Å². The first kappa shape index (κ1) is 15.3. The molecule has 0 atom stereocenters. The van der Waals surface area contributed by atoms with Crippen LogP contribution >= 0.6 is 0 Å². The van der Waals surface area contributed by atoms with Crippen LogP contribution < -0.4 is 10.2 Å². The molecule has 1 N–H and O–H groups in total. The molecule has 1 aromatic rings. The van der Waals surface area contributed by atoms with Gasteiger partial charge >= 0.3 is 6.01 Å². The summed E-state index contributed by atoms with van der Waals surface area (Å²) in [5.41, 5.74) is 0. The van der Waals surface area contributed by atoms with Gasteiger partial charge in [0, 0.05) is 19.7 Å². The monoisotopic (exact) mass is 282 g/mol. The number of aromatic nitrogens is 2. The number of anilines is 1. The third-order valence-electron chi connectivity index (χ3n) is 3.40. The van der Waals surface area contributed by atoms with E-state index < -0.39 is 0 Å². The smallest absolute Gasteiger partial charge is 0.318 e. The quantitative estimate of drug-likeness (QED) is 0.823. The molecule has 0 radical (unpaired) electrons. The van der Waals surface area contributed by atoms with Gasteiger partial charge in [-0.25, -0.2) is 0 Å². The molecule has 6 nitrogen and oxygen atoms in total. The number of nitrogens with zero attached hydrogens (tertiary/aromatic N) is 3. The van der Waals surface area contributed by atoms with Crippen molar-refractivity contribution >= 4 is 6.01 Å². The molecule has 0 aromatic carbocycles. The Morgan fingerprint density at radius 2 is 2.10 bits per heavy atom. The standard InChI is InChI=1S/C14H26N4O2/c1-4-19-12-5-7-18(8-6-12)14-17-16-13(20-14)10-15-9-11(2)3/h11-12,15H,4-10H2,1-3H3. The van der Waals surface area contributed by atoms with Crippen LogP contribution in [0.5, 0.6) is 0 Å². The molecule has 6 heteroatoms. The zero-order valence-corrected chi connectivity index (χ0v) is 12.8. The first-order valence-corrected chi connectivity index (χ1v) is 7.58. The Morgan fingerprint density at radius 3 is 2.75 bits per heavy atom. The molecular weight excluding hydrogens is 256 g/mol. The molecule has 0 bridgehead atoms. The van der Waals surface area contributed by atoms with Crippen molar-refractivity contribution in [2.45, 2.75) is 46.3 Å². The SMILES string of the molecule is CCOC1CCN(c2nnc(CNCC(C)C)o2)CC1. The molecule has 1 fully saturated rings. The van der Waals surface area contributed by atoms with Crippen LogP contribution in [0.25, 0.3) is 0 Å². The third-order valence-corrected chi connectivity index (χ3v) is 3.40. The first-order valence-electron chi connectivity index (χ1n) is 7.58. The molecule has 0 aliphatic carbocycles. The number of nitrogens with one attached hydrogen (secondary N) is 1. The molecule has 0 amide bonds. The van der Waals surface area contributed by atoms with Gasteiger partial charge in [-0.1, -0.05) is 18.9 Å². The Hall–Kier alpha value is -1.14. The molecule has 1 aliphatic heterocycles. The molecule has 114 valence electrons. The summed E-state index contributed by atoms with van der Waals surface area (Å²) in [7, 11) is 0. The highest BCUT2D eigenvalue weighted by molar-refractivity contribution is 5.24. The lowest BCUT2D eigenvalue weighted by Crippen LogP contribution is -2.37. The Morgan fingerprint density at radius 1 is 1.35 bits per heavy atom. The molecule has 1 aromatic heterocycles. The van der Waals surface area contributed by atoms with Gasteiger partial charge in [0.05, 0.1) is 12.6 Å². The van der Waals surface area contributed by atoms with Crippen molar-refractivity contribution in [1.82, 2.24) is 15.5 Å². The highest BCUT2D eigenvalue weighted by Crippen LogP contribution is 2.20. The molecular formula is C14H26N4O2. The number of hydrogen-bond acceptors (Lipinski definition) is 6. The minimum absolute atomic E-state index is 0.381. The van der Waals surface area contributed by atoms with Crippen molar-refractivity contribution in [3.63, 3.8) is 0 Å². The van der Waals surface area contributed by atoms with E-state index in [-0.39, 0.29) is 0 Å². The van der Waals surface area contributed by atoms with Crippen LogP contribution in [0.3, 0.4) is 0 Å². The van der Waals surface area contributed by atoms with Gasteiger partial charge < -0.3 is 19.4 Å². The Bertz CT molecular complexity index is 386. The van der Waals surface area contributed by atoms with E-state index in [4.69, 9.17) is 9.15 Å². The van der Waals surface area contributed by atoms with Crippen molar-refractivity contribution in [2.75, 3.05) is 31.1 Å². The Labute approximate surface area is 120 Å². The van der Waals surface area contributed by atoms with Gasteiger partial charge in [-0.05, 0) is 32.2 Å². The summed E-state index contributed by atoms with van der Waals surface area (Å²) in [6.07, 6.45) is 2.43. The zero-order valence-electron chi connectivity index (χ0n) is 12.8. The van der Waals surface area contributed by atoms with Crippen molar-refractivity contribution in [2.24, 2.45) is 5.92 Å². The maximum atomic E-state index is 5.70. The van der Waals surface area contributed by atoms with Gasteiger partial charge in [-0.3, -0.25) is 0 Å². The first-order chi connectivity index (χ1) is 9.69. The summed E-state index contributed by atoms with van der Waals surface area (Å²) < 4.78 is 11.3. The van der Waals surface area contributed by atoms with Gasteiger partial charge in [0.1, 0.15) is 0 Å². The highest BCUT2D eigenvalue weighted by Gasteiger charge is 2.22. The highest BCUT2D eigenvalue weighted by atomic mass is 16.5. The second kappa shape index (κ2) is 7.59. The zero-order chi connectivity index (χ0) is 14.4. The van der Waals surface area contributed by atoms with Crippen LogP contribution in [-0.2, 0) is 11.3 Å². The fraction of sp³-hybridized carbons (Fsp3) is 0.857. The van der Waals surface area contributed by atoms with Crippen LogP contribution in [0.4, 0.5) is 6.01 Å². The lowest BCUT2D eigenvalue weighted by molar-refractivity contribution is 0.0453. The van der Waals surface area contributed by atoms with Crippen LogP contribution in [0.1, 0.15) is 39.5 Å². The van der Waals surface area contributed by atoms with Crippen molar-refractivity contribution in [1.29, 1.82) is 0 Å². The minimum Gasteiger partial charge on any atom is -0.407 e. The Kier molecular flexibility index (Phi) is 5.79. The topological polar surface area (TPSA) is 63.4 Å². The minimum atomic E-state index is 0.381. The van der Waals surface area contributed by atoms with Crippen LogP contribution in [0.15, 0.2) is 4.42 Å². The summed E-state index contributed by atoms with van der Waals surface area (Å²) in [6.45, 7) is 10.6. The number of piperidine rings is 1. The normalized spacial score (nSPS) is 17.1. The van der Waals surface area contributed by atoms with E-state index >= 15 is 0 Å². The average Bonchev–Trinajstić information content (AvgIpc) is 2.88. The fourth-order valence-electron chi connectivity index (χ4n) is 2.36. The summed E-state index contributed by atoms with van der Waals surface area (Å²) in [5.74, 6) is 1.28. The molecule has 1 aliphatic rings. The number of rotatable bonds is 7. The van der Waals surface area contributed by atoms with Crippen molar-refractivity contribution < 1.29 is 9.15 Å². The molecule has 2 rings (SSSR count). The predicted molar refractivity (Wildman–Crippen MR) is 77.7 cm³/mol. The Balaban J connectivity index is 1.78. The van der Waals surface area contributed by atoms with Crippen molar-refractivity contribution in [3.05, 3.63) is 5.89 Å². The lowest BCUT2D eigenvalue weighted by Gasteiger charge is -2.30. The molecule has 0 spiro atoms. The molecule has 0 saturated carbocycles. The van der Waals surface area contributed by atoms with Gasteiger partial charge in [-0.2, -0.15) is 0 Å². The largest absolute Gasteiger partial charge is 0.407 e. The second-order valence-electron chi connectivity index (χ2n) is 5.64. The van der Waals surface area contributed by atoms with Crippen LogP contribution in [-0.4, -0.2) is 42.5 Å². The molecule has 0 unspecified atom stereocenters. The van der Waals surface area contributed by atoms with Gasteiger partial charge in [-0.15, -0.1) is 5.10 Å².